The summed E-state index contributed by atoms with van der Waals surface area (Å²) in [7, 11) is 0. The van der Waals surface area contributed by atoms with E-state index in [1.54, 1.807) is 6.07 Å². The fraction of sp³-hybridized carbons (Fsp3) is 0.308. The summed E-state index contributed by atoms with van der Waals surface area (Å²) in [5.41, 5.74) is 8.88. The molecule has 170 valence electrons. The van der Waals surface area contributed by atoms with Crippen molar-refractivity contribution < 1.29 is 9.21 Å². The van der Waals surface area contributed by atoms with E-state index in [1.807, 2.05) is 31.3 Å². The number of nitrogens with zero attached hydrogens (tertiary/aromatic N) is 3. The molecule has 1 saturated heterocycles. The van der Waals surface area contributed by atoms with E-state index < -0.39 is 5.91 Å². The summed E-state index contributed by atoms with van der Waals surface area (Å²) in [6.45, 7) is 10.6. The third kappa shape index (κ3) is 5.02. The van der Waals surface area contributed by atoms with Crippen LogP contribution in [-0.2, 0) is 6.42 Å². The molecule has 3 N–H and O–H groups in total. The minimum atomic E-state index is -0.548. The average molecular weight is 444 g/mol. The predicted molar refractivity (Wildman–Crippen MR) is 129 cm³/mol. The molecular formula is C26H29N5O2. The van der Waals surface area contributed by atoms with Crippen molar-refractivity contribution in [1.29, 1.82) is 5.26 Å². The van der Waals surface area contributed by atoms with Gasteiger partial charge in [0.1, 0.15) is 5.42 Å². The van der Waals surface area contributed by atoms with Crippen LogP contribution >= 0.6 is 0 Å². The summed E-state index contributed by atoms with van der Waals surface area (Å²) in [5.74, 6) is -0.352. The molecule has 0 unspecified atom stereocenters. The number of aromatic amines is 1. The number of H-pyrrole nitrogens is 1. The Morgan fingerprint density at radius 2 is 2.12 bits per heavy atom. The maximum atomic E-state index is 11.4. The van der Waals surface area contributed by atoms with E-state index in [1.165, 1.54) is 5.56 Å². The molecule has 7 heteroatoms. The molecule has 2 aromatic heterocycles. The van der Waals surface area contributed by atoms with Gasteiger partial charge in [-0.1, -0.05) is 18.7 Å². The Hall–Kier alpha value is -3.76. The lowest BCUT2D eigenvalue weighted by molar-refractivity contribution is 0.0972. The van der Waals surface area contributed by atoms with Crippen LogP contribution in [0.5, 0.6) is 0 Å². The molecule has 0 saturated carbocycles. The molecule has 1 fully saturated rings. The molecule has 0 aromatic carbocycles. The van der Waals surface area contributed by atoms with E-state index in [9.17, 15) is 4.79 Å². The molecule has 7 nitrogen and oxygen atoms in total. The Bertz CT molecular complexity index is 1380. The molecule has 1 aliphatic heterocycles. The number of nitrogens with one attached hydrogen (secondary N) is 1. The number of nitrogens with two attached hydrogens (primary N) is 1. The first-order valence-electron chi connectivity index (χ1n) is 11.2. The van der Waals surface area contributed by atoms with Crippen LogP contribution in [0.3, 0.4) is 0 Å². The molecule has 1 aliphatic carbocycles. The zero-order valence-electron chi connectivity index (χ0n) is 18.9. The summed E-state index contributed by atoms with van der Waals surface area (Å²) in [5, 5.41) is 12.1. The number of nitriles is 1. The number of rotatable bonds is 6. The number of aromatic nitrogens is 1. The standard InChI is InChI=1S/C26H29N5O2/c1-3-23-22(13-18(2)16-27)19(17-29-23)7-8-30-9-11-31(12-10-30)21-5-4-6-24-20(14-21)15-25(33-24)26(28)32/h3,5-6,13-15,17,29H,2,4,7-12H2,1H3,(H2,28,32)/b22-13-,23-3+. The highest BCUT2D eigenvalue weighted by atomic mass is 16.3. The zero-order chi connectivity index (χ0) is 23.4. The molecule has 0 bridgehead atoms. The minimum Gasteiger partial charge on any atom is -0.451 e. The van der Waals surface area contributed by atoms with Crippen molar-refractivity contribution in [3.05, 3.63) is 68.7 Å². The lowest BCUT2D eigenvalue weighted by Gasteiger charge is -2.36. The number of allylic oxidation sites excluding steroid dienone is 3. The van der Waals surface area contributed by atoms with Gasteiger partial charge >= 0.3 is 0 Å². The predicted octanol–water partition coefficient (Wildman–Crippen LogP) is 0.0762. The Kier molecular flexibility index (Phi) is 6.66. The first kappa shape index (κ1) is 22.4. The number of fused-ring (bicyclic) bond motifs is 1. The fourth-order valence-electron chi connectivity index (χ4n) is 4.36. The van der Waals surface area contributed by atoms with Gasteiger partial charge < -0.3 is 20.0 Å². The monoisotopic (exact) mass is 443 g/mol. The minimum absolute atomic E-state index is 0.196. The van der Waals surface area contributed by atoms with Gasteiger partial charge in [-0.25, -0.2) is 0 Å². The van der Waals surface area contributed by atoms with Crippen molar-refractivity contribution >= 4 is 30.2 Å². The van der Waals surface area contributed by atoms with Gasteiger partial charge in [0, 0.05) is 66.0 Å². The van der Waals surface area contributed by atoms with Crippen LogP contribution in [0.1, 0.15) is 29.5 Å². The molecule has 1 amide bonds. The van der Waals surface area contributed by atoms with Crippen LogP contribution in [0, 0.1) is 11.3 Å². The summed E-state index contributed by atoms with van der Waals surface area (Å²) in [4.78, 5) is 19.6. The largest absolute Gasteiger partial charge is 0.451 e. The summed E-state index contributed by atoms with van der Waals surface area (Å²) >= 11 is 0. The molecule has 33 heavy (non-hydrogen) atoms. The maximum Gasteiger partial charge on any atom is 0.284 e. The van der Waals surface area contributed by atoms with Crippen molar-refractivity contribution in [3.8, 4) is 6.07 Å². The van der Waals surface area contributed by atoms with E-state index in [-0.39, 0.29) is 5.76 Å². The van der Waals surface area contributed by atoms with Crippen molar-refractivity contribution in [1.82, 2.24) is 14.8 Å². The van der Waals surface area contributed by atoms with Gasteiger partial charge in [-0.3, -0.25) is 9.69 Å². The first-order chi connectivity index (χ1) is 16.0. The number of carbonyl (C=O) groups is 1. The Morgan fingerprint density at radius 3 is 2.82 bits per heavy atom. The van der Waals surface area contributed by atoms with Crippen molar-refractivity contribution in [2.75, 3.05) is 32.7 Å². The van der Waals surface area contributed by atoms with Crippen molar-refractivity contribution in [3.63, 3.8) is 0 Å². The number of amides is 1. The lowest BCUT2D eigenvalue weighted by atomic mass is 10.1. The van der Waals surface area contributed by atoms with Gasteiger partial charge in [0.25, 0.3) is 5.91 Å². The Labute approximate surface area is 192 Å². The molecule has 0 radical (unpaired) electrons. The van der Waals surface area contributed by atoms with E-state index in [2.05, 4.69) is 39.6 Å². The summed E-state index contributed by atoms with van der Waals surface area (Å²) in [6, 6.07) is 3.83. The van der Waals surface area contributed by atoms with E-state index in [4.69, 9.17) is 15.4 Å². The zero-order valence-corrected chi connectivity index (χ0v) is 18.9. The Morgan fingerprint density at radius 1 is 1.33 bits per heavy atom. The molecule has 0 spiro atoms. The SMILES string of the molecule is C=C(C#N)/C=c1/c(CCN2CCN(C3=CCC=c4oc(C(N)=O)cc4=C3)CC2)c[nH]/c1=C/C. The Balaban J connectivity index is 1.40. The third-order valence-corrected chi connectivity index (χ3v) is 6.19. The van der Waals surface area contributed by atoms with Crippen LogP contribution in [0.25, 0.3) is 24.3 Å². The quantitative estimate of drug-likeness (QED) is 0.616. The molecule has 2 aromatic rings. The fourth-order valence-corrected chi connectivity index (χ4v) is 4.36. The number of carbonyl (C=O) groups excluding carboxylic acids is 1. The van der Waals surface area contributed by atoms with Gasteiger partial charge in [-0.05, 0) is 49.6 Å². The van der Waals surface area contributed by atoms with Gasteiger partial charge in [-0.15, -0.1) is 0 Å². The van der Waals surface area contributed by atoms with Crippen LogP contribution < -0.4 is 26.9 Å². The normalized spacial score (nSPS) is 17.5. The molecule has 3 heterocycles. The third-order valence-electron chi connectivity index (χ3n) is 6.19. The second kappa shape index (κ2) is 9.80. The van der Waals surface area contributed by atoms with E-state index in [0.717, 1.165) is 67.0 Å². The van der Waals surface area contributed by atoms with Crippen molar-refractivity contribution in [2.24, 2.45) is 5.73 Å². The number of piperazine rings is 1. The number of furan rings is 1. The second-order valence-corrected chi connectivity index (χ2v) is 8.30. The highest BCUT2D eigenvalue weighted by molar-refractivity contribution is 5.89. The average Bonchev–Trinajstić information content (AvgIpc) is 3.35. The topological polar surface area (TPSA) is 102 Å². The molecule has 4 rings (SSSR count). The summed E-state index contributed by atoms with van der Waals surface area (Å²) in [6.07, 6.45) is 13.8. The van der Waals surface area contributed by atoms with Crippen molar-refractivity contribution in [2.45, 2.75) is 19.8 Å². The van der Waals surface area contributed by atoms with Gasteiger partial charge in [0.2, 0.25) is 0 Å². The molecule has 0 atom stereocenters. The van der Waals surface area contributed by atoms with Crippen LogP contribution in [0.4, 0.5) is 0 Å². The lowest BCUT2D eigenvalue weighted by Crippen LogP contribution is -2.46. The van der Waals surface area contributed by atoms with Crippen LogP contribution in [0.2, 0.25) is 0 Å². The van der Waals surface area contributed by atoms with Crippen LogP contribution in [-0.4, -0.2) is 53.4 Å². The van der Waals surface area contributed by atoms with Gasteiger partial charge in [-0.2, -0.15) is 5.26 Å². The molecular weight excluding hydrogens is 414 g/mol. The van der Waals surface area contributed by atoms with E-state index >= 15 is 0 Å². The number of hydrogen-bond acceptors (Lipinski definition) is 5. The van der Waals surface area contributed by atoms with Gasteiger partial charge in [0.05, 0.1) is 6.07 Å². The maximum absolute atomic E-state index is 11.4. The highest BCUT2D eigenvalue weighted by Gasteiger charge is 2.19. The molecule has 2 aliphatic rings. The second-order valence-electron chi connectivity index (χ2n) is 8.30. The number of primary amides is 1. The summed E-state index contributed by atoms with van der Waals surface area (Å²) < 4.78 is 5.57. The first-order valence-corrected chi connectivity index (χ1v) is 11.2. The highest BCUT2D eigenvalue weighted by Crippen LogP contribution is 2.13. The van der Waals surface area contributed by atoms with Crippen LogP contribution in [0.15, 0.2) is 40.6 Å². The van der Waals surface area contributed by atoms with E-state index in [0.29, 0.717) is 11.0 Å². The number of hydrogen-bond donors (Lipinski definition) is 2. The van der Waals surface area contributed by atoms with Gasteiger partial charge in [0.15, 0.2) is 5.76 Å². The smallest absolute Gasteiger partial charge is 0.284 e.